The number of benzene rings is 1. The highest BCUT2D eigenvalue weighted by atomic mass is 16.5. The molecule has 0 radical (unpaired) electrons. The minimum atomic E-state index is 0.0183. The van der Waals surface area contributed by atoms with E-state index in [0.717, 1.165) is 48.6 Å². The van der Waals surface area contributed by atoms with Crippen molar-refractivity contribution < 1.29 is 14.3 Å². The Hall–Kier alpha value is -2.21. The third-order valence-corrected chi connectivity index (χ3v) is 5.32. The van der Waals surface area contributed by atoms with Crippen molar-refractivity contribution in [1.29, 1.82) is 0 Å². The summed E-state index contributed by atoms with van der Waals surface area (Å²) in [5.41, 5.74) is 1.52. The van der Waals surface area contributed by atoms with Gasteiger partial charge in [0.25, 0.3) is 5.91 Å². The quantitative estimate of drug-likeness (QED) is 0.796. The first-order chi connectivity index (χ1) is 12.6. The van der Waals surface area contributed by atoms with E-state index in [2.05, 4.69) is 4.90 Å². The van der Waals surface area contributed by atoms with E-state index in [1.807, 2.05) is 41.8 Å². The van der Waals surface area contributed by atoms with E-state index in [9.17, 15) is 4.79 Å². The van der Waals surface area contributed by atoms with Crippen LogP contribution >= 0.6 is 0 Å². The van der Waals surface area contributed by atoms with Crippen molar-refractivity contribution in [2.75, 3.05) is 47.4 Å². The van der Waals surface area contributed by atoms with Gasteiger partial charge in [0.1, 0.15) is 17.2 Å². The number of rotatable bonds is 6. The molecule has 0 bridgehead atoms. The van der Waals surface area contributed by atoms with E-state index in [1.54, 1.807) is 14.2 Å². The van der Waals surface area contributed by atoms with Gasteiger partial charge >= 0.3 is 0 Å². The number of hydrogen-bond acceptors (Lipinski definition) is 4. The highest BCUT2D eigenvalue weighted by Crippen LogP contribution is 2.35. The highest BCUT2D eigenvalue weighted by Gasteiger charge is 2.22. The topological polar surface area (TPSA) is 46.9 Å². The van der Waals surface area contributed by atoms with Gasteiger partial charge in [-0.05, 0) is 44.1 Å². The number of nitrogens with zero attached hydrogens (tertiary/aromatic N) is 3. The number of methoxy groups -OCH3 is 2. The van der Waals surface area contributed by atoms with E-state index in [4.69, 9.17) is 9.47 Å². The summed E-state index contributed by atoms with van der Waals surface area (Å²) in [4.78, 5) is 17.3. The normalized spacial score (nSPS) is 15.2. The van der Waals surface area contributed by atoms with E-state index in [0.29, 0.717) is 5.69 Å². The summed E-state index contributed by atoms with van der Waals surface area (Å²) >= 11 is 0. The predicted octanol–water partition coefficient (Wildman–Crippen LogP) is 2.75. The lowest BCUT2D eigenvalue weighted by atomic mass is 10.1. The van der Waals surface area contributed by atoms with Crippen LogP contribution in [-0.4, -0.2) is 67.7 Å². The van der Waals surface area contributed by atoms with E-state index in [1.165, 1.54) is 19.3 Å². The van der Waals surface area contributed by atoms with Crippen molar-refractivity contribution >= 4 is 16.8 Å². The van der Waals surface area contributed by atoms with Gasteiger partial charge in [0.05, 0.1) is 19.7 Å². The summed E-state index contributed by atoms with van der Waals surface area (Å²) in [6.45, 7) is 3.95. The van der Waals surface area contributed by atoms with Gasteiger partial charge in [0.15, 0.2) is 0 Å². The molecule has 1 amide bonds. The fourth-order valence-corrected chi connectivity index (χ4v) is 3.73. The number of likely N-dealkylation sites (N-methyl/N-ethyl adjacent to an activating group) is 1. The van der Waals surface area contributed by atoms with Crippen molar-refractivity contribution in [3.8, 4) is 11.5 Å². The minimum Gasteiger partial charge on any atom is -0.496 e. The summed E-state index contributed by atoms with van der Waals surface area (Å²) in [6.07, 6.45) is 3.85. The molecule has 2 heterocycles. The molecule has 3 rings (SSSR count). The van der Waals surface area contributed by atoms with Crippen LogP contribution in [0.15, 0.2) is 18.2 Å². The minimum absolute atomic E-state index is 0.0183. The van der Waals surface area contributed by atoms with E-state index >= 15 is 0 Å². The zero-order valence-corrected chi connectivity index (χ0v) is 16.2. The third-order valence-electron chi connectivity index (χ3n) is 5.32. The second kappa shape index (κ2) is 7.99. The molecule has 0 saturated carbocycles. The van der Waals surface area contributed by atoms with E-state index in [-0.39, 0.29) is 5.91 Å². The van der Waals surface area contributed by atoms with Crippen LogP contribution in [0.3, 0.4) is 0 Å². The average Bonchev–Trinajstić information content (AvgIpc) is 3.03. The van der Waals surface area contributed by atoms with Gasteiger partial charge in [-0.3, -0.25) is 4.79 Å². The molecule has 6 nitrogen and oxygen atoms in total. The zero-order chi connectivity index (χ0) is 18.7. The molecular weight excluding hydrogens is 330 g/mol. The number of likely N-dealkylation sites (tertiary alicyclic amines) is 1. The van der Waals surface area contributed by atoms with Gasteiger partial charge in [0.2, 0.25) is 0 Å². The molecule has 1 aliphatic heterocycles. The molecule has 26 heavy (non-hydrogen) atoms. The van der Waals surface area contributed by atoms with Crippen LogP contribution in [0, 0.1) is 0 Å². The van der Waals surface area contributed by atoms with Gasteiger partial charge in [-0.25, -0.2) is 0 Å². The standard InChI is InChI=1S/C20H29N3O3/c1-21(12-13-23-10-6-5-7-11-23)20(24)16-14-15-17(25-3)8-9-18(26-4)19(15)22(16)2/h8-9,14H,5-7,10-13H2,1-4H3. The summed E-state index contributed by atoms with van der Waals surface area (Å²) in [6, 6.07) is 5.64. The average molecular weight is 359 g/mol. The zero-order valence-electron chi connectivity index (χ0n) is 16.2. The molecule has 1 fully saturated rings. The van der Waals surface area contributed by atoms with Crippen molar-refractivity contribution in [3.63, 3.8) is 0 Å². The Morgan fingerprint density at radius 1 is 1.12 bits per heavy atom. The van der Waals surface area contributed by atoms with Crippen LogP contribution in [0.1, 0.15) is 29.8 Å². The number of carbonyl (C=O) groups excluding carboxylic acids is 1. The largest absolute Gasteiger partial charge is 0.496 e. The molecule has 142 valence electrons. The lowest BCUT2D eigenvalue weighted by Crippen LogP contribution is -2.39. The predicted molar refractivity (Wildman–Crippen MR) is 103 cm³/mol. The first kappa shape index (κ1) is 18.6. The summed E-state index contributed by atoms with van der Waals surface area (Å²) in [7, 11) is 7.05. The molecule has 1 saturated heterocycles. The van der Waals surface area contributed by atoms with Crippen LogP contribution in [0.25, 0.3) is 10.9 Å². The van der Waals surface area contributed by atoms with Gasteiger partial charge in [-0.1, -0.05) is 6.42 Å². The number of aryl methyl sites for hydroxylation is 1. The maximum atomic E-state index is 13.0. The molecule has 2 aromatic rings. The molecule has 0 atom stereocenters. The summed E-state index contributed by atoms with van der Waals surface area (Å²) in [5.74, 6) is 1.49. The Bertz CT molecular complexity index is 778. The van der Waals surface area contributed by atoms with Gasteiger partial charge < -0.3 is 23.8 Å². The molecule has 0 unspecified atom stereocenters. The van der Waals surface area contributed by atoms with E-state index < -0.39 is 0 Å². The van der Waals surface area contributed by atoms with Crippen molar-refractivity contribution in [2.45, 2.75) is 19.3 Å². The Balaban J connectivity index is 1.82. The fraction of sp³-hybridized carbons (Fsp3) is 0.550. The van der Waals surface area contributed by atoms with Crippen molar-refractivity contribution in [2.24, 2.45) is 7.05 Å². The summed E-state index contributed by atoms with van der Waals surface area (Å²) in [5, 5.41) is 0.891. The highest BCUT2D eigenvalue weighted by molar-refractivity contribution is 6.02. The third kappa shape index (κ3) is 3.51. The van der Waals surface area contributed by atoms with Crippen molar-refractivity contribution in [3.05, 3.63) is 23.9 Å². The number of ether oxygens (including phenoxy) is 2. The second-order valence-electron chi connectivity index (χ2n) is 6.95. The van der Waals surface area contributed by atoms with Crippen LogP contribution in [0.2, 0.25) is 0 Å². The van der Waals surface area contributed by atoms with Crippen LogP contribution in [0.4, 0.5) is 0 Å². The summed E-state index contributed by atoms with van der Waals surface area (Å²) < 4.78 is 12.8. The maximum Gasteiger partial charge on any atom is 0.270 e. The number of hydrogen-bond donors (Lipinski definition) is 0. The molecule has 1 aliphatic rings. The lowest BCUT2D eigenvalue weighted by molar-refractivity contribution is 0.0764. The van der Waals surface area contributed by atoms with Gasteiger partial charge in [-0.15, -0.1) is 0 Å². The Labute approximate surface area is 155 Å². The fourth-order valence-electron chi connectivity index (χ4n) is 3.73. The van der Waals surface area contributed by atoms with Crippen LogP contribution in [0.5, 0.6) is 11.5 Å². The van der Waals surface area contributed by atoms with Gasteiger partial charge in [-0.2, -0.15) is 0 Å². The Morgan fingerprint density at radius 3 is 2.42 bits per heavy atom. The SMILES string of the molecule is COc1ccc(OC)c2c1cc(C(=O)N(C)CCN1CCCCC1)n2C. The number of carbonyl (C=O) groups is 1. The molecule has 1 aromatic carbocycles. The molecule has 1 aromatic heterocycles. The lowest BCUT2D eigenvalue weighted by Gasteiger charge is -2.28. The smallest absolute Gasteiger partial charge is 0.270 e. The number of fused-ring (bicyclic) bond motifs is 1. The maximum absolute atomic E-state index is 13.0. The number of aromatic nitrogens is 1. The van der Waals surface area contributed by atoms with Crippen LogP contribution < -0.4 is 9.47 Å². The van der Waals surface area contributed by atoms with Gasteiger partial charge in [0, 0.05) is 32.6 Å². The molecular formula is C20H29N3O3. The molecule has 0 spiro atoms. The van der Waals surface area contributed by atoms with Crippen molar-refractivity contribution in [1.82, 2.24) is 14.4 Å². The molecule has 6 heteroatoms. The van der Waals surface area contributed by atoms with Crippen LogP contribution in [-0.2, 0) is 7.05 Å². The second-order valence-corrected chi connectivity index (χ2v) is 6.95. The molecule has 0 N–H and O–H groups in total. The first-order valence-electron chi connectivity index (χ1n) is 9.25. The monoisotopic (exact) mass is 359 g/mol. The molecule has 0 aliphatic carbocycles. The Morgan fingerprint density at radius 2 is 1.77 bits per heavy atom. The first-order valence-corrected chi connectivity index (χ1v) is 9.25. The number of piperidine rings is 1. The Kier molecular flexibility index (Phi) is 5.71. The number of amides is 1.